The minimum atomic E-state index is 0.714. The third-order valence-electron chi connectivity index (χ3n) is 2.69. The van der Waals surface area contributed by atoms with E-state index in [1.54, 1.807) is 6.20 Å². The number of benzene rings is 1. The van der Waals surface area contributed by atoms with E-state index in [4.69, 9.17) is 5.26 Å². The van der Waals surface area contributed by atoms with Gasteiger partial charge in [-0.05, 0) is 36.7 Å². The molecule has 0 amide bonds. The van der Waals surface area contributed by atoms with Gasteiger partial charge in [-0.25, -0.2) is 0 Å². The van der Waals surface area contributed by atoms with Crippen LogP contribution < -0.4 is 5.32 Å². The van der Waals surface area contributed by atoms with E-state index in [2.05, 4.69) is 16.5 Å². The van der Waals surface area contributed by atoms with Crippen molar-refractivity contribution in [3.8, 4) is 6.07 Å². The van der Waals surface area contributed by atoms with Crippen LogP contribution in [-0.2, 0) is 13.1 Å². The number of nitrogens with one attached hydrogen (secondary N) is 1. The van der Waals surface area contributed by atoms with Crippen LogP contribution in [0.15, 0.2) is 42.7 Å². The van der Waals surface area contributed by atoms with Gasteiger partial charge in [-0.1, -0.05) is 12.1 Å². The molecule has 2 rings (SSSR count). The predicted octanol–water partition coefficient (Wildman–Crippen LogP) is 1.93. The van der Waals surface area contributed by atoms with E-state index >= 15 is 0 Å². The second-order valence-corrected chi connectivity index (χ2v) is 4.11. The molecule has 1 heterocycles. The normalized spacial score (nSPS) is 10.2. The van der Waals surface area contributed by atoms with Crippen molar-refractivity contribution < 1.29 is 0 Å². The highest BCUT2D eigenvalue weighted by molar-refractivity contribution is 5.32. The van der Waals surface area contributed by atoms with Gasteiger partial charge in [0.15, 0.2) is 0 Å². The fraction of sp³-hybridized carbons (Fsp3) is 0.286. The van der Waals surface area contributed by atoms with Crippen LogP contribution in [0.3, 0.4) is 0 Å². The van der Waals surface area contributed by atoms with E-state index in [0.717, 1.165) is 31.6 Å². The monoisotopic (exact) mass is 240 g/mol. The summed E-state index contributed by atoms with van der Waals surface area (Å²) in [6.07, 6.45) is 4.80. The lowest BCUT2D eigenvalue weighted by molar-refractivity contribution is 0.543. The average Bonchev–Trinajstić information content (AvgIpc) is 2.92. The van der Waals surface area contributed by atoms with Crippen LogP contribution in [0.4, 0.5) is 0 Å². The van der Waals surface area contributed by atoms with Crippen LogP contribution in [0.2, 0.25) is 0 Å². The number of rotatable bonds is 6. The highest BCUT2D eigenvalue weighted by atomic mass is 15.3. The van der Waals surface area contributed by atoms with E-state index in [-0.39, 0.29) is 0 Å². The Bertz CT molecular complexity index is 511. The molecule has 4 heteroatoms. The summed E-state index contributed by atoms with van der Waals surface area (Å²) in [5, 5.41) is 16.3. The van der Waals surface area contributed by atoms with E-state index < -0.39 is 0 Å². The van der Waals surface area contributed by atoms with Crippen molar-refractivity contribution in [3.63, 3.8) is 0 Å². The van der Waals surface area contributed by atoms with Gasteiger partial charge in [-0.3, -0.25) is 4.68 Å². The van der Waals surface area contributed by atoms with E-state index in [1.807, 2.05) is 41.2 Å². The van der Waals surface area contributed by atoms with Crippen molar-refractivity contribution in [1.29, 1.82) is 5.26 Å². The highest BCUT2D eigenvalue weighted by Gasteiger charge is 1.95. The van der Waals surface area contributed by atoms with Gasteiger partial charge in [0.25, 0.3) is 0 Å². The molecule has 1 aromatic heterocycles. The first-order valence-electron chi connectivity index (χ1n) is 6.05. The van der Waals surface area contributed by atoms with Crippen molar-refractivity contribution in [2.75, 3.05) is 6.54 Å². The van der Waals surface area contributed by atoms with Crippen molar-refractivity contribution in [2.24, 2.45) is 0 Å². The van der Waals surface area contributed by atoms with E-state index in [9.17, 15) is 0 Å². The number of hydrogen-bond donors (Lipinski definition) is 1. The van der Waals surface area contributed by atoms with Crippen molar-refractivity contribution >= 4 is 0 Å². The first-order valence-corrected chi connectivity index (χ1v) is 6.05. The summed E-state index contributed by atoms with van der Waals surface area (Å²) in [5.74, 6) is 0. The Labute approximate surface area is 107 Å². The molecule has 1 N–H and O–H groups in total. The molecular weight excluding hydrogens is 224 g/mol. The fourth-order valence-corrected chi connectivity index (χ4v) is 1.78. The predicted molar refractivity (Wildman–Crippen MR) is 69.7 cm³/mol. The molecule has 0 aliphatic carbocycles. The molecule has 18 heavy (non-hydrogen) atoms. The van der Waals surface area contributed by atoms with E-state index in [1.165, 1.54) is 0 Å². The number of aryl methyl sites for hydroxylation is 1. The van der Waals surface area contributed by atoms with Gasteiger partial charge in [0.1, 0.15) is 0 Å². The van der Waals surface area contributed by atoms with Crippen molar-refractivity contribution in [3.05, 3.63) is 53.9 Å². The van der Waals surface area contributed by atoms with Crippen LogP contribution in [0, 0.1) is 11.3 Å². The molecule has 0 atom stereocenters. The molecule has 0 aliphatic heterocycles. The summed E-state index contributed by atoms with van der Waals surface area (Å²) in [4.78, 5) is 0. The fourth-order valence-electron chi connectivity index (χ4n) is 1.78. The maximum atomic E-state index is 8.80. The van der Waals surface area contributed by atoms with Gasteiger partial charge < -0.3 is 5.32 Å². The Balaban J connectivity index is 1.67. The lowest BCUT2D eigenvalue weighted by atomic mass is 10.1. The smallest absolute Gasteiger partial charge is 0.0991 e. The quantitative estimate of drug-likeness (QED) is 0.785. The molecule has 1 aromatic carbocycles. The SMILES string of the molecule is N#Cc1cccc(CNCCCn2cccn2)c1. The van der Waals surface area contributed by atoms with Crippen molar-refractivity contribution in [1.82, 2.24) is 15.1 Å². The van der Waals surface area contributed by atoms with Gasteiger partial charge >= 0.3 is 0 Å². The van der Waals surface area contributed by atoms with Gasteiger partial charge in [-0.15, -0.1) is 0 Å². The molecule has 0 spiro atoms. The van der Waals surface area contributed by atoms with Crippen LogP contribution in [-0.4, -0.2) is 16.3 Å². The molecule has 2 aromatic rings. The zero-order valence-electron chi connectivity index (χ0n) is 10.2. The van der Waals surface area contributed by atoms with Gasteiger partial charge in [0, 0.05) is 25.5 Å². The molecule has 0 bridgehead atoms. The van der Waals surface area contributed by atoms with Gasteiger partial charge in [-0.2, -0.15) is 10.4 Å². The molecule has 0 fully saturated rings. The molecular formula is C14H16N4. The van der Waals surface area contributed by atoms with Crippen LogP contribution in [0.25, 0.3) is 0 Å². The molecule has 0 unspecified atom stereocenters. The van der Waals surface area contributed by atoms with Crippen LogP contribution >= 0.6 is 0 Å². The second kappa shape index (κ2) is 6.58. The lowest BCUT2D eigenvalue weighted by Gasteiger charge is -2.05. The summed E-state index contributed by atoms with van der Waals surface area (Å²) >= 11 is 0. The summed E-state index contributed by atoms with van der Waals surface area (Å²) < 4.78 is 1.93. The number of nitrogens with zero attached hydrogens (tertiary/aromatic N) is 3. The highest BCUT2D eigenvalue weighted by Crippen LogP contribution is 2.03. The number of hydrogen-bond acceptors (Lipinski definition) is 3. The van der Waals surface area contributed by atoms with Crippen molar-refractivity contribution in [2.45, 2.75) is 19.5 Å². The average molecular weight is 240 g/mol. The first kappa shape index (κ1) is 12.3. The maximum Gasteiger partial charge on any atom is 0.0991 e. The Morgan fingerprint density at radius 1 is 1.33 bits per heavy atom. The number of aromatic nitrogens is 2. The van der Waals surface area contributed by atoms with E-state index in [0.29, 0.717) is 5.56 Å². The topological polar surface area (TPSA) is 53.6 Å². The summed E-state index contributed by atoms with van der Waals surface area (Å²) in [7, 11) is 0. The molecule has 4 nitrogen and oxygen atoms in total. The molecule has 92 valence electrons. The molecule has 0 saturated carbocycles. The lowest BCUT2D eigenvalue weighted by Crippen LogP contribution is -2.16. The minimum absolute atomic E-state index is 0.714. The van der Waals surface area contributed by atoms with Gasteiger partial charge in [0.2, 0.25) is 0 Å². The zero-order chi connectivity index (χ0) is 12.6. The maximum absolute atomic E-state index is 8.80. The minimum Gasteiger partial charge on any atom is -0.313 e. The Kier molecular flexibility index (Phi) is 4.51. The summed E-state index contributed by atoms with van der Waals surface area (Å²) in [5.41, 5.74) is 1.86. The molecule has 0 radical (unpaired) electrons. The summed E-state index contributed by atoms with van der Waals surface area (Å²) in [6.45, 7) is 2.67. The Morgan fingerprint density at radius 2 is 2.28 bits per heavy atom. The number of nitriles is 1. The third-order valence-corrected chi connectivity index (χ3v) is 2.69. The Hall–Kier alpha value is -2.12. The third kappa shape index (κ3) is 3.72. The Morgan fingerprint density at radius 3 is 3.06 bits per heavy atom. The standard InChI is InChI=1S/C14H16N4/c15-11-13-4-1-5-14(10-13)12-16-6-2-8-18-9-3-7-17-18/h1,3-5,7,9-10,16H,2,6,8,12H2. The molecule has 0 aliphatic rings. The summed E-state index contributed by atoms with van der Waals surface area (Å²) in [6, 6.07) is 11.8. The molecule has 0 saturated heterocycles. The first-order chi connectivity index (χ1) is 8.88. The largest absolute Gasteiger partial charge is 0.313 e. The van der Waals surface area contributed by atoms with Crippen LogP contribution in [0.5, 0.6) is 0 Å². The van der Waals surface area contributed by atoms with Crippen LogP contribution in [0.1, 0.15) is 17.5 Å². The second-order valence-electron chi connectivity index (χ2n) is 4.11. The zero-order valence-corrected chi connectivity index (χ0v) is 10.2. The van der Waals surface area contributed by atoms with Gasteiger partial charge in [0.05, 0.1) is 11.6 Å².